The average Bonchev–Trinajstić information content (AvgIpc) is 2.18. The van der Waals surface area contributed by atoms with Crippen molar-refractivity contribution < 1.29 is 0 Å². The molecule has 0 fully saturated rings. The Hall–Kier alpha value is -0.960. The Bertz CT molecular complexity index is 307. The van der Waals surface area contributed by atoms with Crippen molar-refractivity contribution in [2.45, 2.75) is 52.0 Å². The van der Waals surface area contributed by atoms with Gasteiger partial charge in [-0.05, 0) is 25.3 Å². The van der Waals surface area contributed by atoms with Crippen molar-refractivity contribution in [2.24, 2.45) is 5.73 Å². The molecule has 0 amide bonds. The summed E-state index contributed by atoms with van der Waals surface area (Å²) in [5.41, 5.74) is 8.12. The molecule has 1 aromatic heterocycles. The van der Waals surface area contributed by atoms with Gasteiger partial charge in [0.25, 0.3) is 0 Å². The Morgan fingerprint density at radius 1 is 1.20 bits per heavy atom. The van der Waals surface area contributed by atoms with Gasteiger partial charge in [-0.15, -0.1) is 0 Å². The minimum atomic E-state index is 0.143. The van der Waals surface area contributed by atoms with E-state index in [1.54, 1.807) is 6.33 Å². The van der Waals surface area contributed by atoms with Gasteiger partial charge in [-0.1, -0.05) is 20.8 Å². The summed E-state index contributed by atoms with van der Waals surface area (Å²) >= 11 is 0. The van der Waals surface area contributed by atoms with Gasteiger partial charge >= 0.3 is 0 Å². The number of hydrogen-bond donors (Lipinski definition) is 1. The van der Waals surface area contributed by atoms with E-state index in [1.807, 2.05) is 6.92 Å². The zero-order chi connectivity index (χ0) is 11.4. The number of nitrogens with two attached hydrogens (primary N) is 1. The first-order valence-electron chi connectivity index (χ1n) is 5.63. The van der Waals surface area contributed by atoms with Crippen LogP contribution in [0, 0.1) is 0 Å². The molecule has 1 heterocycles. The first kappa shape index (κ1) is 12.1. The largest absolute Gasteiger partial charge is 0.327 e. The van der Waals surface area contributed by atoms with Crippen LogP contribution < -0.4 is 5.73 Å². The van der Waals surface area contributed by atoms with Gasteiger partial charge in [0.1, 0.15) is 6.33 Å². The predicted molar refractivity (Wildman–Crippen MR) is 62.8 cm³/mol. The Morgan fingerprint density at radius 2 is 1.80 bits per heavy atom. The van der Waals surface area contributed by atoms with Crippen molar-refractivity contribution in [3.05, 3.63) is 23.8 Å². The lowest BCUT2D eigenvalue weighted by atomic mass is 9.94. The smallest absolute Gasteiger partial charge is 0.115 e. The number of hydrogen-bond acceptors (Lipinski definition) is 3. The van der Waals surface area contributed by atoms with Gasteiger partial charge in [0.2, 0.25) is 0 Å². The second kappa shape index (κ2) is 5.21. The highest BCUT2D eigenvalue weighted by atomic mass is 14.8. The van der Waals surface area contributed by atoms with Crippen molar-refractivity contribution in [3.8, 4) is 0 Å². The summed E-state index contributed by atoms with van der Waals surface area (Å²) in [5.74, 6) is 0.780. The molecule has 1 aromatic rings. The fourth-order valence-electron chi connectivity index (χ4n) is 1.76. The van der Waals surface area contributed by atoms with Crippen LogP contribution in [0.5, 0.6) is 0 Å². The molecule has 2 atom stereocenters. The van der Waals surface area contributed by atoms with Crippen LogP contribution in [-0.4, -0.2) is 16.0 Å². The predicted octanol–water partition coefficient (Wildman–Crippen LogP) is 2.44. The van der Waals surface area contributed by atoms with E-state index in [0.29, 0.717) is 11.8 Å². The molecule has 0 aromatic carbocycles. The summed E-state index contributed by atoms with van der Waals surface area (Å²) in [6.07, 6.45) is 2.67. The number of rotatable bonds is 4. The van der Waals surface area contributed by atoms with E-state index in [2.05, 4.69) is 36.8 Å². The second-order valence-corrected chi connectivity index (χ2v) is 4.40. The summed E-state index contributed by atoms with van der Waals surface area (Å²) in [6, 6.07) is 2.23. The van der Waals surface area contributed by atoms with Crippen LogP contribution >= 0.6 is 0 Å². The molecule has 0 aliphatic carbocycles. The minimum Gasteiger partial charge on any atom is -0.327 e. The lowest BCUT2D eigenvalue weighted by Crippen LogP contribution is -2.25. The van der Waals surface area contributed by atoms with Crippen molar-refractivity contribution >= 4 is 0 Å². The maximum absolute atomic E-state index is 5.94. The van der Waals surface area contributed by atoms with Crippen LogP contribution in [0.2, 0.25) is 0 Å². The van der Waals surface area contributed by atoms with Crippen molar-refractivity contribution in [2.75, 3.05) is 0 Å². The molecule has 0 aliphatic rings. The van der Waals surface area contributed by atoms with Gasteiger partial charge in [0.05, 0.1) is 0 Å². The zero-order valence-electron chi connectivity index (χ0n) is 10.1. The van der Waals surface area contributed by atoms with E-state index in [-0.39, 0.29) is 6.04 Å². The molecule has 2 unspecified atom stereocenters. The van der Waals surface area contributed by atoms with Crippen molar-refractivity contribution in [1.82, 2.24) is 9.97 Å². The summed E-state index contributed by atoms with van der Waals surface area (Å²) in [7, 11) is 0. The Balaban J connectivity index is 2.98. The third kappa shape index (κ3) is 2.99. The molecule has 1 rings (SSSR count). The molecule has 84 valence electrons. The molecule has 0 saturated carbocycles. The molecule has 0 bridgehead atoms. The molecule has 0 saturated heterocycles. The molecular weight excluding hydrogens is 186 g/mol. The van der Waals surface area contributed by atoms with Gasteiger partial charge < -0.3 is 5.73 Å². The quantitative estimate of drug-likeness (QED) is 0.825. The Labute approximate surface area is 92.1 Å². The third-order valence-electron chi connectivity index (χ3n) is 2.76. The molecule has 3 heteroatoms. The molecular formula is C12H21N3. The summed E-state index contributed by atoms with van der Waals surface area (Å²) < 4.78 is 0. The molecule has 15 heavy (non-hydrogen) atoms. The number of nitrogens with zero attached hydrogens (tertiary/aromatic N) is 2. The zero-order valence-corrected chi connectivity index (χ0v) is 10.1. The summed E-state index contributed by atoms with van der Waals surface area (Å²) in [4.78, 5) is 8.59. The topological polar surface area (TPSA) is 51.8 Å². The van der Waals surface area contributed by atoms with Gasteiger partial charge in [-0.25, -0.2) is 9.97 Å². The highest BCUT2D eigenvalue weighted by Gasteiger charge is 2.16. The van der Waals surface area contributed by atoms with Crippen LogP contribution in [0.25, 0.3) is 0 Å². The van der Waals surface area contributed by atoms with Crippen LogP contribution in [0.4, 0.5) is 0 Å². The SMILES string of the molecule is CCC(c1cc(C(C)C)ncn1)C(C)N. The minimum absolute atomic E-state index is 0.143. The van der Waals surface area contributed by atoms with E-state index in [4.69, 9.17) is 5.73 Å². The third-order valence-corrected chi connectivity index (χ3v) is 2.76. The highest BCUT2D eigenvalue weighted by Crippen LogP contribution is 2.22. The van der Waals surface area contributed by atoms with Crippen LogP contribution in [-0.2, 0) is 0 Å². The first-order valence-corrected chi connectivity index (χ1v) is 5.63. The van der Waals surface area contributed by atoms with Gasteiger partial charge in [-0.2, -0.15) is 0 Å². The first-order chi connectivity index (χ1) is 7.06. The van der Waals surface area contributed by atoms with Gasteiger partial charge in [0.15, 0.2) is 0 Å². The fraction of sp³-hybridized carbons (Fsp3) is 0.667. The molecule has 0 aliphatic heterocycles. The van der Waals surface area contributed by atoms with Gasteiger partial charge in [-0.3, -0.25) is 0 Å². The lowest BCUT2D eigenvalue weighted by Gasteiger charge is -2.19. The van der Waals surface area contributed by atoms with Crippen molar-refractivity contribution in [1.29, 1.82) is 0 Å². The molecule has 2 N–H and O–H groups in total. The summed E-state index contributed by atoms with van der Waals surface area (Å²) in [6.45, 7) is 8.45. The summed E-state index contributed by atoms with van der Waals surface area (Å²) in [5, 5.41) is 0. The standard InChI is InChI=1S/C12H21N3/c1-5-10(9(4)13)12-6-11(8(2)3)14-7-15-12/h6-10H,5,13H2,1-4H3. The molecule has 3 nitrogen and oxygen atoms in total. The Kier molecular flexibility index (Phi) is 4.21. The fourth-order valence-corrected chi connectivity index (χ4v) is 1.76. The van der Waals surface area contributed by atoms with E-state index >= 15 is 0 Å². The highest BCUT2D eigenvalue weighted by molar-refractivity contribution is 5.16. The maximum Gasteiger partial charge on any atom is 0.115 e. The van der Waals surface area contributed by atoms with Crippen LogP contribution in [0.3, 0.4) is 0 Å². The van der Waals surface area contributed by atoms with Crippen molar-refractivity contribution in [3.63, 3.8) is 0 Å². The van der Waals surface area contributed by atoms with E-state index in [0.717, 1.165) is 17.8 Å². The Morgan fingerprint density at radius 3 is 2.27 bits per heavy atom. The van der Waals surface area contributed by atoms with Crippen LogP contribution in [0.1, 0.15) is 57.3 Å². The monoisotopic (exact) mass is 207 g/mol. The van der Waals surface area contributed by atoms with E-state index in [9.17, 15) is 0 Å². The average molecular weight is 207 g/mol. The van der Waals surface area contributed by atoms with E-state index < -0.39 is 0 Å². The molecule has 0 spiro atoms. The number of aromatic nitrogens is 2. The van der Waals surface area contributed by atoms with Gasteiger partial charge in [0, 0.05) is 23.3 Å². The second-order valence-electron chi connectivity index (χ2n) is 4.40. The normalized spacial score (nSPS) is 15.3. The maximum atomic E-state index is 5.94. The lowest BCUT2D eigenvalue weighted by molar-refractivity contribution is 0.537. The van der Waals surface area contributed by atoms with E-state index in [1.165, 1.54) is 0 Å². The molecule has 0 radical (unpaired) electrons. The van der Waals surface area contributed by atoms with Crippen LogP contribution in [0.15, 0.2) is 12.4 Å².